The zero-order chi connectivity index (χ0) is 14.4. The number of benzene rings is 2. The van der Waals surface area contributed by atoms with Crippen LogP contribution in [0.3, 0.4) is 0 Å². The van der Waals surface area contributed by atoms with E-state index in [-0.39, 0.29) is 11.9 Å². The second-order valence-electron chi connectivity index (χ2n) is 4.78. The highest BCUT2D eigenvalue weighted by Gasteiger charge is 2.07. The SMILES string of the molecule is CCOc1cccc(CCC(N)c2ccc(F)cc2)c1. The lowest BCUT2D eigenvalue weighted by molar-refractivity contribution is 0.340. The van der Waals surface area contributed by atoms with Crippen molar-refractivity contribution in [1.82, 2.24) is 0 Å². The van der Waals surface area contributed by atoms with E-state index >= 15 is 0 Å². The van der Waals surface area contributed by atoms with E-state index in [1.807, 2.05) is 25.1 Å². The van der Waals surface area contributed by atoms with Crippen LogP contribution < -0.4 is 10.5 Å². The molecule has 0 aromatic heterocycles. The van der Waals surface area contributed by atoms with E-state index in [9.17, 15) is 4.39 Å². The smallest absolute Gasteiger partial charge is 0.123 e. The number of aryl methyl sites for hydroxylation is 1. The lowest BCUT2D eigenvalue weighted by atomic mass is 10.00. The summed E-state index contributed by atoms with van der Waals surface area (Å²) in [5.41, 5.74) is 8.30. The Labute approximate surface area is 119 Å². The molecule has 0 bridgehead atoms. The van der Waals surface area contributed by atoms with Gasteiger partial charge in [-0.3, -0.25) is 0 Å². The fourth-order valence-corrected chi connectivity index (χ4v) is 2.16. The van der Waals surface area contributed by atoms with Gasteiger partial charge in [0.1, 0.15) is 11.6 Å². The van der Waals surface area contributed by atoms with Crippen molar-refractivity contribution in [2.24, 2.45) is 5.73 Å². The van der Waals surface area contributed by atoms with Crippen LogP contribution in [0.15, 0.2) is 48.5 Å². The fraction of sp³-hybridized carbons (Fsp3) is 0.294. The van der Waals surface area contributed by atoms with E-state index in [0.717, 1.165) is 24.2 Å². The van der Waals surface area contributed by atoms with Crippen molar-refractivity contribution in [2.45, 2.75) is 25.8 Å². The van der Waals surface area contributed by atoms with E-state index in [4.69, 9.17) is 10.5 Å². The van der Waals surface area contributed by atoms with Gasteiger partial charge in [-0.1, -0.05) is 24.3 Å². The molecule has 0 aliphatic carbocycles. The molecular weight excluding hydrogens is 253 g/mol. The third-order valence-electron chi connectivity index (χ3n) is 3.25. The number of halogens is 1. The lowest BCUT2D eigenvalue weighted by Crippen LogP contribution is -2.11. The Balaban J connectivity index is 1.94. The lowest BCUT2D eigenvalue weighted by Gasteiger charge is -2.12. The highest BCUT2D eigenvalue weighted by Crippen LogP contribution is 2.19. The van der Waals surface area contributed by atoms with Gasteiger partial charge in [0.05, 0.1) is 6.61 Å². The molecule has 2 nitrogen and oxygen atoms in total. The topological polar surface area (TPSA) is 35.2 Å². The first kappa shape index (κ1) is 14.5. The minimum Gasteiger partial charge on any atom is -0.494 e. The predicted octanol–water partition coefficient (Wildman–Crippen LogP) is 3.86. The van der Waals surface area contributed by atoms with Gasteiger partial charge in [0.25, 0.3) is 0 Å². The van der Waals surface area contributed by atoms with Crippen LogP contribution in [0, 0.1) is 5.82 Å². The van der Waals surface area contributed by atoms with Crippen molar-refractivity contribution in [3.8, 4) is 5.75 Å². The molecule has 1 unspecified atom stereocenters. The van der Waals surface area contributed by atoms with Crippen LogP contribution >= 0.6 is 0 Å². The van der Waals surface area contributed by atoms with Crippen LogP contribution in [0.25, 0.3) is 0 Å². The van der Waals surface area contributed by atoms with Crippen LogP contribution in [-0.4, -0.2) is 6.61 Å². The Morgan fingerprint density at radius 3 is 2.60 bits per heavy atom. The van der Waals surface area contributed by atoms with Gasteiger partial charge in [0.15, 0.2) is 0 Å². The molecule has 2 aromatic rings. The van der Waals surface area contributed by atoms with Crippen LogP contribution in [-0.2, 0) is 6.42 Å². The molecule has 0 amide bonds. The van der Waals surface area contributed by atoms with Crippen LogP contribution in [0.2, 0.25) is 0 Å². The van der Waals surface area contributed by atoms with E-state index in [0.29, 0.717) is 6.61 Å². The summed E-state index contributed by atoms with van der Waals surface area (Å²) >= 11 is 0. The Morgan fingerprint density at radius 2 is 1.90 bits per heavy atom. The van der Waals surface area contributed by atoms with Crippen molar-refractivity contribution in [2.75, 3.05) is 6.61 Å². The highest BCUT2D eigenvalue weighted by atomic mass is 19.1. The van der Waals surface area contributed by atoms with Crippen molar-refractivity contribution in [1.29, 1.82) is 0 Å². The molecule has 0 aliphatic rings. The van der Waals surface area contributed by atoms with Gasteiger partial charge in [0, 0.05) is 6.04 Å². The summed E-state index contributed by atoms with van der Waals surface area (Å²) in [5.74, 6) is 0.658. The van der Waals surface area contributed by atoms with Crippen molar-refractivity contribution in [3.05, 3.63) is 65.5 Å². The maximum atomic E-state index is 12.9. The standard InChI is InChI=1S/C17H20FNO/c1-2-20-16-5-3-4-13(12-16)6-11-17(19)14-7-9-15(18)10-8-14/h3-5,7-10,12,17H,2,6,11,19H2,1H3. The molecule has 0 radical (unpaired) electrons. The first-order valence-electron chi connectivity index (χ1n) is 6.92. The minimum atomic E-state index is -0.231. The Morgan fingerprint density at radius 1 is 1.15 bits per heavy atom. The number of nitrogens with two attached hydrogens (primary N) is 1. The zero-order valence-electron chi connectivity index (χ0n) is 11.7. The van der Waals surface area contributed by atoms with Crippen LogP contribution in [0.4, 0.5) is 4.39 Å². The third kappa shape index (κ3) is 4.07. The minimum absolute atomic E-state index is 0.0775. The average Bonchev–Trinajstić information content (AvgIpc) is 2.46. The molecule has 0 spiro atoms. The molecule has 1 atom stereocenters. The molecular formula is C17H20FNO. The molecule has 0 saturated carbocycles. The maximum absolute atomic E-state index is 12.9. The molecule has 0 aliphatic heterocycles. The van der Waals surface area contributed by atoms with Gasteiger partial charge in [-0.05, 0) is 55.2 Å². The van der Waals surface area contributed by atoms with E-state index in [1.54, 1.807) is 12.1 Å². The van der Waals surface area contributed by atoms with Gasteiger partial charge < -0.3 is 10.5 Å². The maximum Gasteiger partial charge on any atom is 0.123 e. The monoisotopic (exact) mass is 273 g/mol. The van der Waals surface area contributed by atoms with Gasteiger partial charge in [0.2, 0.25) is 0 Å². The Hall–Kier alpha value is -1.87. The average molecular weight is 273 g/mol. The molecule has 0 saturated heterocycles. The molecule has 2 N–H and O–H groups in total. The van der Waals surface area contributed by atoms with E-state index in [1.165, 1.54) is 17.7 Å². The van der Waals surface area contributed by atoms with Crippen LogP contribution in [0.5, 0.6) is 5.75 Å². The molecule has 0 fully saturated rings. The largest absolute Gasteiger partial charge is 0.494 e. The van der Waals surface area contributed by atoms with Gasteiger partial charge in [-0.15, -0.1) is 0 Å². The number of hydrogen-bond donors (Lipinski definition) is 1. The van der Waals surface area contributed by atoms with Crippen molar-refractivity contribution < 1.29 is 9.13 Å². The highest BCUT2D eigenvalue weighted by molar-refractivity contribution is 5.29. The summed E-state index contributed by atoms with van der Waals surface area (Å²) in [7, 11) is 0. The molecule has 3 heteroatoms. The first-order chi connectivity index (χ1) is 9.69. The molecule has 2 aromatic carbocycles. The zero-order valence-corrected chi connectivity index (χ0v) is 11.7. The summed E-state index contributed by atoms with van der Waals surface area (Å²) in [5, 5.41) is 0. The fourth-order valence-electron chi connectivity index (χ4n) is 2.16. The van der Waals surface area contributed by atoms with Crippen molar-refractivity contribution in [3.63, 3.8) is 0 Å². The van der Waals surface area contributed by atoms with Gasteiger partial charge in [-0.25, -0.2) is 4.39 Å². The Kier molecular flexibility index (Phi) is 5.13. The van der Waals surface area contributed by atoms with E-state index < -0.39 is 0 Å². The molecule has 106 valence electrons. The number of rotatable bonds is 6. The predicted molar refractivity (Wildman–Crippen MR) is 79.3 cm³/mol. The normalized spacial score (nSPS) is 12.2. The van der Waals surface area contributed by atoms with Gasteiger partial charge in [-0.2, -0.15) is 0 Å². The van der Waals surface area contributed by atoms with E-state index in [2.05, 4.69) is 6.07 Å². The second kappa shape index (κ2) is 7.06. The molecule has 20 heavy (non-hydrogen) atoms. The summed E-state index contributed by atoms with van der Waals surface area (Å²) in [4.78, 5) is 0. The number of ether oxygens (including phenoxy) is 1. The molecule has 2 rings (SSSR count). The first-order valence-corrected chi connectivity index (χ1v) is 6.92. The van der Waals surface area contributed by atoms with Crippen molar-refractivity contribution >= 4 is 0 Å². The third-order valence-corrected chi connectivity index (χ3v) is 3.25. The second-order valence-corrected chi connectivity index (χ2v) is 4.78. The van der Waals surface area contributed by atoms with Gasteiger partial charge >= 0.3 is 0 Å². The van der Waals surface area contributed by atoms with Crippen LogP contribution in [0.1, 0.15) is 30.5 Å². The summed E-state index contributed by atoms with van der Waals surface area (Å²) in [6.07, 6.45) is 1.70. The number of hydrogen-bond acceptors (Lipinski definition) is 2. The summed E-state index contributed by atoms with van der Waals surface area (Å²) in [6.45, 7) is 2.63. The molecule has 0 heterocycles. The summed E-state index contributed by atoms with van der Waals surface area (Å²) in [6, 6.07) is 14.4. The Bertz CT molecular complexity index is 539. The summed E-state index contributed by atoms with van der Waals surface area (Å²) < 4.78 is 18.3. The quantitative estimate of drug-likeness (QED) is 0.867.